The second-order valence-corrected chi connectivity index (χ2v) is 7.60. The van der Waals surface area contributed by atoms with Gasteiger partial charge in [-0.3, -0.25) is 4.90 Å². The minimum absolute atomic E-state index is 0.135. The summed E-state index contributed by atoms with van der Waals surface area (Å²) in [6.45, 7) is 7.66. The fourth-order valence-corrected chi connectivity index (χ4v) is 3.90. The van der Waals surface area contributed by atoms with Crippen LogP contribution in [0.25, 0.3) is 0 Å². The van der Waals surface area contributed by atoms with Gasteiger partial charge in [0, 0.05) is 25.7 Å². The van der Waals surface area contributed by atoms with Crippen molar-refractivity contribution in [1.82, 2.24) is 10.2 Å². The van der Waals surface area contributed by atoms with Crippen molar-refractivity contribution in [3.8, 4) is 0 Å². The average Bonchev–Trinajstić information content (AvgIpc) is 2.58. The number of nitrogens with one attached hydrogen (secondary N) is 1. The summed E-state index contributed by atoms with van der Waals surface area (Å²) in [6.07, 6.45) is 15.7. The topological polar surface area (TPSA) is 36.9 Å². The summed E-state index contributed by atoms with van der Waals surface area (Å²) < 4.78 is 0. The van der Waals surface area contributed by atoms with Gasteiger partial charge in [0.2, 0.25) is 0 Å². The number of nitrogens with zero attached hydrogens (tertiary/aromatic N) is 2. The van der Waals surface area contributed by atoms with E-state index in [2.05, 4.69) is 29.2 Å². The molecule has 1 saturated carbocycles. The highest BCUT2D eigenvalue weighted by Gasteiger charge is 2.26. The molecule has 2 unspecified atom stereocenters. The normalized spacial score (nSPS) is 26.9. The third-order valence-corrected chi connectivity index (χ3v) is 5.51. The molecule has 2 fully saturated rings. The summed E-state index contributed by atoms with van der Waals surface area (Å²) in [5.41, 5.74) is 1.30. The van der Waals surface area contributed by atoms with Gasteiger partial charge in [-0.2, -0.15) is 0 Å². The number of oxime groups is 1. The largest absolute Gasteiger partial charge is 0.377 e. The first-order valence-corrected chi connectivity index (χ1v) is 10.5. The molecule has 0 bridgehead atoms. The van der Waals surface area contributed by atoms with Crippen molar-refractivity contribution in [2.75, 3.05) is 19.6 Å². The SMILES string of the molecule is CCC(ON=C1CCCCCCCCCCC1)N1CCNCC1C. The van der Waals surface area contributed by atoms with E-state index in [1.807, 2.05) is 0 Å². The number of rotatable bonds is 4. The van der Waals surface area contributed by atoms with Crippen molar-refractivity contribution in [2.24, 2.45) is 5.16 Å². The highest BCUT2D eigenvalue weighted by atomic mass is 16.6. The zero-order valence-corrected chi connectivity index (χ0v) is 16.1. The molecule has 0 spiro atoms. The lowest BCUT2D eigenvalue weighted by Gasteiger charge is -2.37. The molecule has 24 heavy (non-hydrogen) atoms. The summed E-state index contributed by atoms with van der Waals surface area (Å²) in [5.74, 6) is 0. The van der Waals surface area contributed by atoms with Crippen molar-refractivity contribution in [3.63, 3.8) is 0 Å². The van der Waals surface area contributed by atoms with E-state index in [9.17, 15) is 0 Å². The second-order valence-electron chi connectivity index (χ2n) is 7.60. The fourth-order valence-electron chi connectivity index (χ4n) is 3.90. The molecule has 0 radical (unpaired) electrons. The van der Waals surface area contributed by atoms with E-state index in [1.165, 1.54) is 63.5 Å². The first kappa shape index (κ1) is 19.7. The van der Waals surface area contributed by atoms with Crippen LogP contribution in [0.1, 0.15) is 90.9 Å². The first-order valence-electron chi connectivity index (χ1n) is 10.5. The average molecular weight is 338 g/mol. The lowest BCUT2D eigenvalue weighted by atomic mass is 10.00. The summed E-state index contributed by atoms with van der Waals surface area (Å²) in [6, 6.07) is 0.528. The second kappa shape index (κ2) is 11.9. The number of hydrogen-bond acceptors (Lipinski definition) is 4. The van der Waals surface area contributed by atoms with Crippen molar-refractivity contribution in [1.29, 1.82) is 0 Å². The van der Waals surface area contributed by atoms with Crippen molar-refractivity contribution in [2.45, 2.75) is 103 Å². The van der Waals surface area contributed by atoms with Crippen LogP contribution in [0.5, 0.6) is 0 Å². The summed E-state index contributed by atoms with van der Waals surface area (Å²) >= 11 is 0. The molecule has 1 aliphatic heterocycles. The molecule has 2 atom stereocenters. The molecular formula is C20H39N3O. The maximum Gasteiger partial charge on any atom is 0.181 e. The first-order chi connectivity index (χ1) is 11.8. The predicted molar refractivity (Wildman–Crippen MR) is 102 cm³/mol. The van der Waals surface area contributed by atoms with E-state index in [4.69, 9.17) is 4.84 Å². The third-order valence-electron chi connectivity index (χ3n) is 5.51. The van der Waals surface area contributed by atoms with Crippen molar-refractivity contribution in [3.05, 3.63) is 0 Å². The highest BCUT2D eigenvalue weighted by molar-refractivity contribution is 5.83. The minimum atomic E-state index is 0.135. The molecule has 2 aliphatic rings. The highest BCUT2D eigenvalue weighted by Crippen LogP contribution is 2.17. The van der Waals surface area contributed by atoms with Gasteiger partial charge in [-0.15, -0.1) is 0 Å². The molecule has 2 rings (SSSR count). The van der Waals surface area contributed by atoms with E-state index >= 15 is 0 Å². The van der Waals surface area contributed by atoms with E-state index < -0.39 is 0 Å². The van der Waals surface area contributed by atoms with Gasteiger partial charge in [0.05, 0.1) is 5.71 Å². The minimum Gasteiger partial charge on any atom is -0.377 e. The van der Waals surface area contributed by atoms with Crippen LogP contribution in [-0.4, -0.2) is 42.5 Å². The number of hydrogen-bond donors (Lipinski definition) is 1. The van der Waals surface area contributed by atoms with E-state index in [0.29, 0.717) is 6.04 Å². The molecule has 1 N–H and O–H groups in total. The van der Waals surface area contributed by atoms with Crippen molar-refractivity contribution >= 4 is 5.71 Å². The maximum atomic E-state index is 6.05. The van der Waals surface area contributed by atoms with Gasteiger partial charge in [-0.1, -0.05) is 57.0 Å². The van der Waals surface area contributed by atoms with Gasteiger partial charge in [-0.25, -0.2) is 0 Å². The molecule has 140 valence electrons. The standard InChI is InChI=1S/C20H39N3O/c1-3-20(23-16-15-21-17-18(23)2)24-22-19-13-11-9-7-5-4-6-8-10-12-14-19/h18,20-21H,3-17H2,1-2H3. The van der Waals surface area contributed by atoms with Crippen LogP contribution in [0, 0.1) is 0 Å². The van der Waals surface area contributed by atoms with E-state index in [0.717, 1.165) is 38.9 Å². The summed E-state index contributed by atoms with van der Waals surface area (Å²) in [4.78, 5) is 8.52. The van der Waals surface area contributed by atoms with Gasteiger partial charge < -0.3 is 10.2 Å². The lowest BCUT2D eigenvalue weighted by molar-refractivity contribution is -0.0830. The quantitative estimate of drug-likeness (QED) is 0.756. The van der Waals surface area contributed by atoms with Crippen LogP contribution in [0.15, 0.2) is 5.16 Å². The molecule has 0 aromatic rings. The van der Waals surface area contributed by atoms with Crippen LogP contribution in [0.3, 0.4) is 0 Å². The molecule has 1 saturated heterocycles. The smallest absolute Gasteiger partial charge is 0.181 e. The zero-order chi connectivity index (χ0) is 17.0. The third kappa shape index (κ3) is 7.10. The molecule has 4 heteroatoms. The van der Waals surface area contributed by atoms with Crippen LogP contribution >= 0.6 is 0 Å². The fraction of sp³-hybridized carbons (Fsp3) is 0.950. The Hall–Kier alpha value is -0.610. The predicted octanol–water partition coefficient (Wildman–Crippen LogP) is 4.69. The monoisotopic (exact) mass is 337 g/mol. The molecule has 0 aromatic heterocycles. The van der Waals surface area contributed by atoms with Gasteiger partial charge in [0.25, 0.3) is 0 Å². The Balaban J connectivity index is 1.86. The van der Waals surface area contributed by atoms with Crippen LogP contribution < -0.4 is 5.32 Å². The molecule has 4 nitrogen and oxygen atoms in total. The molecule has 1 heterocycles. The Morgan fingerprint density at radius 3 is 2.17 bits per heavy atom. The Labute approximate surface area is 149 Å². The molecule has 1 aliphatic carbocycles. The lowest BCUT2D eigenvalue weighted by Crippen LogP contribution is -2.54. The number of piperazine rings is 1. The Morgan fingerprint density at radius 2 is 1.62 bits per heavy atom. The van der Waals surface area contributed by atoms with Crippen LogP contribution in [0.2, 0.25) is 0 Å². The Morgan fingerprint density at radius 1 is 1.04 bits per heavy atom. The Kier molecular flexibility index (Phi) is 9.74. The van der Waals surface area contributed by atoms with Gasteiger partial charge in [0.1, 0.15) is 0 Å². The molecule has 0 aromatic carbocycles. The molecule has 0 amide bonds. The molecular weight excluding hydrogens is 298 g/mol. The van der Waals surface area contributed by atoms with Gasteiger partial charge in [-0.05, 0) is 39.0 Å². The van der Waals surface area contributed by atoms with Crippen LogP contribution in [-0.2, 0) is 4.84 Å². The zero-order valence-electron chi connectivity index (χ0n) is 16.1. The van der Waals surface area contributed by atoms with E-state index in [1.54, 1.807) is 0 Å². The van der Waals surface area contributed by atoms with Gasteiger partial charge >= 0.3 is 0 Å². The Bertz CT molecular complexity index is 345. The van der Waals surface area contributed by atoms with Crippen molar-refractivity contribution < 1.29 is 4.84 Å². The summed E-state index contributed by atoms with van der Waals surface area (Å²) in [7, 11) is 0. The van der Waals surface area contributed by atoms with Gasteiger partial charge in [0.15, 0.2) is 6.23 Å². The van der Waals surface area contributed by atoms with E-state index in [-0.39, 0.29) is 6.23 Å². The van der Waals surface area contributed by atoms with Crippen LogP contribution in [0.4, 0.5) is 0 Å². The maximum absolute atomic E-state index is 6.05. The summed E-state index contributed by atoms with van der Waals surface area (Å²) in [5, 5.41) is 8.10.